The number of fused-ring (bicyclic) bond motifs is 2. The predicted molar refractivity (Wildman–Crippen MR) is 178 cm³/mol. The van der Waals surface area contributed by atoms with E-state index in [-0.39, 0.29) is 11.6 Å². The summed E-state index contributed by atoms with van der Waals surface area (Å²) in [4.78, 5) is 28.7. The first-order valence-electron chi connectivity index (χ1n) is 15.6. The first-order valence-corrected chi connectivity index (χ1v) is 17.2. The molecule has 4 atom stereocenters. The van der Waals surface area contributed by atoms with Crippen LogP contribution in [0.1, 0.15) is 92.0 Å². The minimum absolute atomic E-state index is 0.131. The van der Waals surface area contributed by atoms with Crippen LogP contribution in [0.4, 0.5) is 0 Å². The molecule has 0 amide bonds. The van der Waals surface area contributed by atoms with Crippen molar-refractivity contribution >= 4 is 43.4 Å². The van der Waals surface area contributed by atoms with Gasteiger partial charge in [-0.3, -0.25) is 9.59 Å². The van der Waals surface area contributed by atoms with Crippen LogP contribution in [0.5, 0.6) is 0 Å². The van der Waals surface area contributed by atoms with Crippen molar-refractivity contribution in [2.75, 3.05) is 0 Å². The van der Waals surface area contributed by atoms with Crippen molar-refractivity contribution in [2.45, 2.75) is 75.8 Å². The van der Waals surface area contributed by atoms with Crippen LogP contribution in [0.3, 0.4) is 0 Å². The van der Waals surface area contributed by atoms with Gasteiger partial charge in [-0.1, -0.05) is 80.4 Å². The van der Waals surface area contributed by atoms with Crippen molar-refractivity contribution in [3.63, 3.8) is 0 Å². The Balaban J connectivity index is 1.30. The quantitative estimate of drug-likeness (QED) is 0.187. The first kappa shape index (κ1) is 29.8. The third kappa shape index (κ3) is 6.02. The highest BCUT2D eigenvalue weighted by Gasteiger charge is 2.47. The van der Waals surface area contributed by atoms with E-state index in [1.165, 1.54) is 35.1 Å². The number of aryl methyl sites for hydroxylation is 4. The van der Waals surface area contributed by atoms with E-state index >= 15 is 0 Å². The summed E-state index contributed by atoms with van der Waals surface area (Å²) in [6.45, 7) is 0. The van der Waals surface area contributed by atoms with Crippen LogP contribution in [0.2, 0.25) is 0 Å². The van der Waals surface area contributed by atoms with Crippen LogP contribution in [-0.4, -0.2) is 23.8 Å². The number of ether oxygens (including phenoxy) is 2. The molecule has 0 spiro atoms. The van der Waals surface area contributed by atoms with E-state index in [0.717, 1.165) is 58.6 Å². The van der Waals surface area contributed by atoms with Gasteiger partial charge in [0.05, 0.1) is 0 Å². The van der Waals surface area contributed by atoms with Gasteiger partial charge in [-0.05, 0) is 121 Å². The minimum Gasteiger partial charge on any atom is -0.356 e. The molecule has 4 aromatic rings. The third-order valence-electron chi connectivity index (χ3n) is 9.32. The molecule has 4 unspecified atom stereocenters. The molecule has 4 aromatic carbocycles. The molecule has 1 fully saturated rings. The fraction of sp³-hybridized carbons (Fsp3) is 0.316. The summed E-state index contributed by atoms with van der Waals surface area (Å²) in [6.07, 6.45) is 5.30. The fourth-order valence-corrected chi connectivity index (χ4v) is 7.44. The molecule has 3 aliphatic rings. The zero-order valence-electron chi connectivity index (χ0n) is 24.4. The van der Waals surface area contributed by atoms with E-state index in [4.69, 9.17) is 9.47 Å². The molecule has 0 saturated carbocycles. The number of rotatable bonds is 6. The number of hydrogen-bond donors (Lipinski definition) is 0. The lowest BCUT2D eigenvalue weighted by atomic mass is 9.86. The van der Waals surface area contributed by atoms with Crippen LogP contribution in [0.25, 0.3) is 0 Å². The van der Waals surface area contributed by atoms with E-state index < -0.39 is 24.4 Å². The SMILES string of the molecule is O=C(c1ccc2c(c1)CCCC2)C1OC(c2ccc(Br)cc2)C(C(=O)c2ccc3c(c2)CCCC3)OC1c1ccc(Br)cc1. The van der Waals surface area contributed by atoms with Crippen molar-refractivity contribution < 1.29 is 19.1 Å². The van der Waals surface area contributed by atoms with Gasteiger partial charge in [0.1, 0.15) is 12.2 Å². The summed E-state index contributed by atoms with van der Waals surface area (Å²) in [5.41, 5.74) is 7.95. The van der Waals surface area contributed by atoms with Crippen molar-refractivity contribution in [3.8, 4) is 0 Å². The molecule has 0 radical (unpaired) electrons. The zero-order valence-corrected chi connectivity index (χ0v) is 27.6. The molecule has 0 bridgehead atoms. The minimum atomic E-state index is -0.931. The maximum Gasteiger partial charge on any atom is 0.194 e. The summed E-state index contributed by atoms with van der Waals surface area (Å²) in [7, 11) is 0. The Morgan fingerprint density at radius 3 is 1.25 bits per heavy atom. The van der Waals surface area contributed by atoms with Gasteiger partial charge in [0.25, 0.3) is 0 Å². The van der Waals surface area contributed by atoms with E-state index in [1.54, 1.807) is 0 Å². The van der Waals surface area contributed by atoms with E-state index in [2.05, 4.69) is 44.0 Å². The Labute approximate surface area is 275 Å². The number of carbonyl (C=O) groups is 2. The van der Waals surface area contributed by atoms with E-state index in [0.29, 0.717) is 11.1 Å². The molecule has 1 heterocycles. The molecular formula is C38H34Br2O4. The van der Waals surface area contributed by atoms with Crippen LogP contribution >= 0.6 is 31.9 Å². The first-order chi connectivity index (χ1) is 21.4. The van der Waals surface area contributed by atoms with Crippen LogP contribution in [0.15, 0.2) is 93.9 Å². The van der Waals surface area contributed by atoms with Gasteiger partial charge in [0.2, 0.25) is 0 Å². The normalized spacial score (nSPS) is 23.0. The second-order valence-electron chi connectivity index (χ2n) is 12.2. The average Bonchev–Trinajstić information content (AvgIpc) is 3.07. The maximum atomic E-state index is 14.4. The summed E-state index contributed by atoms with van der Waals surface area (Å²) >= 11 is 7.06. The number of halogens is 2. The van der Waals surface area contributed by atoms with Gasteiger partial charge in [0, 0.05) is 20.1 Å². The van der Waals surface area contributed by atoms with Crippen LogP contribution < -0.4 is 0 Å². The monoisotopic (exact) mass is 712 g/mol. The molecule has 1 aliphatic heterocycles. The maximum absolute atomic E-state index is 14.4. The van der Waals surface area contributed by atoms with Crippen molar-refractivity contribution in [2.24, 2.45) is 0 Å². The molecule has 44 heavy (non-hydrogen) atoms. The van der Waals surface area contributed by atoms with Crippen molar-refractivity contribution in [1.82, 2.24) is 0 Å². The highest BCUT2D eigenvalue weighted by Crippen LogP contribution is 2.42. The fourth-order valence-electron chi connectivity index (χ4n) is 6.91. The molecule has 1 saturated heterocycles. The molecule has 0 N–H and O–H groups in total. The molecular weight excluding hydrogens is 680 g/mol. The zero-order chi connectivity index (χ0) is 30.2. The topological polar surface area (TPSA) is 52.6 Å². The number of carbonyl (C=O) groups excluding carboxylic acids is 2. The summed E-state index contributed by atoms with van der Waals surface area (Å²) < 4.78 is 15.5. The van der Waals surface area contributed by atoms with Gasteiger partial charge in [-0.15, -0.1) is 0 Å². The Bertz CT molecular complexity index is 1570. The lowest BCUT2D eigenvalue weighted by molar-refractivity contribution is -0.194. The number of ketones is 2. The molecule has 6 heteroatoms. The average molecular weight is 714 g/mol. The van der Waals surface area contributed by atoms with Gasteiger partial charge in [0.15, 0.2) is 23.8 Å². The summed E-state index contributed by atoms with van der Waals surface area (Å²) in [5.74, 6) is -0.263. The number of hydrogen-bond acceptors (Lipinski definition) is 4. The highest BCUT2D eigenvalue weighted by molar-refractivity contribution is 9.10. The van der Waals surface area contributed by atoms with Crippen molar-refractivity contribution in [3.05, 3.63) is 138 Å². The second-order valence-corrected chi connectivity index (χ2v) is 14.0. The van der Waals surface area contributed by atoms with Gasteiger partial charge in [-0.2, -0.15) is 0 Å². The predicted octanol–water partition coefficient (Wildman–Crippen LogP) is 9.30. The van der Waals surface area contributed by atoms with E-state index in [9.17, 15) is 9.59 Å². The van der Waals surface area contributed by atoms with Crippen LogP contribution in [-0.2, 0) is 35.2 Å². The lowest BCUT2D eigenvalue weighted by Crippen LogP contribution is -2.47. The summed E-state index contributed by atoms with van der Waals surface area (Å²) in [6, 6.07) is 27.6. The van der Waals surface area contributed by atoms with Crippen molar-refractivity contribution in [1.29, 1.82) is 0 Å². The van der Waals surface area contributed by atoms with E-state index in [1.807, 2.05) is 72.8 Å². The van der Waals surface area contributed by atoms with Crippen LogP contribution in [0, 0.1) is 0 Å². The largest absolute Gasteiger partial charge is 0.356 e. The molecule has 4 nitrogen and oxygen atoms in total. The Morgan fingerprint density at radius 1 is 0.500 bits per heavy atom. The molecule has 7 rings (SSSR count). The number of benzene rings is 4. The van der Waals surface area contributed by atoms with Gasteiger partial charge < -0.3 is 9.47 Å². The molecule has 0 aromatic heterocycles. The summed E-state index contributed by atoms with van der Waals surface area (Å²) in [5, 5.41) is 0. The Morgan fingerprint density at radius 2 is 0.864 bits per heavy atom. The third-order valence-corrected chi connectivity index (χ3v) is 10.4. The Kier molecular flexibility index (Phi) is 8.69. The number of Topliss-reactive ketones (excluding diaryl/α,β-unsaturated/α-hetero) is 2. The lowest BCUT2D eigenvalue weighted by Gasteiger charge is -2.41. The highest BCUT2D eigenvalue weighted by atomic mass is 79.9. The molecule has 224 valence electrons. The standard InChI is InChI=1S/C38H34Br2O4/c39-31-17-13-25(14-18-31)35-37(33(41)29-11-9-23-5-1-3-7-27(23)21-29)43-36(26-15-19-32(40)20-16-26)38(44-35)34(42)30-12-10-24-6-2-4-8-28(24)22-30/h9-22,35-38H,1-8H2. The Hall–Kier alpha value is -2.90. The van der Waals surface area contributed by atoms with Gasteiger partial charge in [-0.25, -0.2) is 0 Å². The molecule has 2 aliphatic carbocycles. The second kappa shape index (κ2) is 12.8. The van der Waals surface area contributed by atoms with Gasteiger partial charge >= 0.3 is 0 Å². The smallest absolute Gasteiger partial charge is 0.194 e.